The molecule has 1 aliphatic heterocycles. The van der Waals surface area contributed by atoms with Crippen LogP contribution < -0.4 is 0 Å². The fourth-order valence-corrected chi connectivity index (χ4v) is 2.01. The molecule has 0 atom stereocenters. The Morgan fingerprint density at radius 1 is 1.00 bits per heavy atom. The summed E-state index contributed by atoms with van der Waals surface area (Å²) in [7, 11) is 0. The molecule has 3 N–H and O–H groups in total. The number of benzene rings is 1. The Kier molecular flexibility index (Phi) is 3.08. The fourth-order valence-electron chi connectivity index (χ4n) is 2.01. The summed E-state index contributed by atoms with van der Waals surface area (Å²) in [5.41, 5.74) is 0.0298. The minimum atomic E-state index is -0.646. The van der Waals surface area contributed by atoms with Gasteiger partial charge in [0.1, 0.15) is 0 Å². The molecule has 0 bridgehead atoms. The van der Waals surface area contributed by atoms with E-state index in [0.29, 0.717) is 13.1 Å². The lowest BCUT2D eigenvalue weighted by Crippen LogP contribution is -2.35. The second kappa shape index (κ2) is 4.53. The van der Waals surface area contributed by atoms with E-state index in [1.807, 2.05) is 0 Å². The summed E-state index contributed by atoms with van der Waals surface area (Å²) in [4.78, 5) is 13.7. The molecule has 0 radical (unpaired) electrons. The van der Waals surface area contributed by atoms with Crippen molar-refractivity contribution in [2.24, 2.45) is 0 Å². The standard InChI is InChI=1S/C12H15NO4/c14-9-5-4-8(10(15)11(9)16)12(17)13-6-2-1-3-7-13/h4-5,14-16H,1-3,6-7H2. The number of hydrogen-bond acceptors (Lipinski definition) is 4. The normalized spacial score (nSPS) is 15.9. The average Bonchev–Trinajstić information content (AvgIpc) is 2.36. The minimum absolute atomic E-state index is 0.0298. The number of nitrogens with zero attached hydrogens (tertiary/aromatic N) is 1. The molecule has 5 nitrogen and oxygen atoms in total. The van der Waals surface area contributed by atoms with E-state index in [4.69, 9.17) is 0 Å². The molecule has 1 amide bonds. The Morgan fingerprint density at radius 3 is 2.29 bits per heavy atom. The van der Waals surface area contributed by atoms with Crippen LogP contribution in [0.2, 0.25) is 0 Å². The van der Waals surface area contributed by atoms with Crippen molar-refractivity contribution >= 4 is 5.91 Å². The third-order valence-electron chi connectivity index (χ3n) is 3.00. The van der Waals surface area contributed by atoms with Crippen LogP contribution >= 0.6 is 0 Å². The van der Waals surface area contributed by atoms with Crippen LogP contribution in [0.1, 0.15) is 29.6 Å². The van der Waals surface area contributed by atoms with Gasteiger partial charge in [0.05, 0.1) is 5.56 Å². The first-order valence-corrected chi connectivity index (χ1v) is 5.64. The van der Waals surface area contributed by atoms with Crippen molar-refractivity contribution in [1.82, 2.24) is 4.90 Å². The second-order valence-corrected chi connectivity index (χ2v) is 4.18. The largest absolute Gasteiger partial charge is 0.504 e. The Bertz CT molecular complexity index is 438. The SMILES string of the molecule is O=C(c1ccc(O)c(O)c1O)N1CCCCC1. The number of carbonyl (C=O) groups excluding carboxylic acids is 1. The molecule has 1 aliphatic rings. The van der Waals surface area contributed by atoms with Crippen molar-refractivity contribution < 1.29 is 20.1 Å². The summed E-state index contributed by atoms with van der Waals surface area (Å²) >= 11 is 0. The first-order valence-electron chi connectivity index (χ1n) is 5.64. The Morgan fingerprint density at radius 2 is 1.65 bits per heavy atom. The average molecular weight is 237 g/mol. The number of piperidine rings is 1. The molecule has 1 aromatic rings. The molecule has 0 aliphatic carbocycles. The second-order valence-electron chi connectivity index (χ2n) is 4.18. The first kappa shape index (κ1) is 11.6. The van der Waals surface area contributed by atoms with Gasteiger partial charge in [0.2, 0.25) is 5.75 Å². The molecular formula is C12H15NO4. The number of likely N-dealkylation sites (tertiary alicyclic amines) is 1. The molecule has 1 saturated heterocycles. The van der Waals surface area contributed by atoms with E-state index < -0.39 is 17.2 Å². The van der Waals surface area contributed by atoms with Crippen LogP contribution in [0.4, 0.5) is 0 Å². The van der Waals surface area contributed by atoms with Crippen LogP contribution in [0.3, 0.4) is 0 Å². The topological polar surface area (TPSA) is 81.0 Å². The number of carbonyl (C=O) groups is 1. The summed E-state index contributed by atoms with van der Waals surface area (Å²) in [5, 5.41) is 28.2. The first-order chi connectivity index (χ1) is 8.11. The zero-order valence-electron chi connectivity index (χ0n) is 9.39. The molecule has 0 spiro atoms. The highest BCUT2D eigenvalue weighted by atomic mass is 16.3. The fraction of sp³-hybridized carbons (Fsp3) is 0.417. The van der Waals surface area contributed by atoms with E-state index in [-0.39, 0.29) is 11.5 Å². The zero-order chi connectivity index (χ0) is 12.4. The van der Waals surface area contributed by atoms with Crippen molar-refractivity contribution in [3.63, 3.8) is 0 Å². The molecule has 0 saturated carbocycles. The number of phenolic OH excluding ortho intramolecular Hbond substituents is 3. The summed E-state index contributed by atoms with van der Waals surface area (Å²) < 4.78 is 0. The van der Waals surface area contributed by atoms with Crippen molar-refractivity contribution in [2.45, 2.75) is 19.3 Å². The Labute approximate surface area is 98.9 Å². The lowest BCUT2D eigenvalue weighted by molar-refractivity contribution is 0.0720. The zero-order valence-corrected chi connectivity index (χ0v) is 9.39. The van der Waals surface area contributed by atoms with Crippen LogP contribution in [-0.4, -0.2) is 39.2 Å². The van der Waals surface area contributed by atoms with Gasteiger partial charge in [-0.1, -0.05) is 0 Å². The maximum atomic E-state index is 12.1. The lowest BCUT2D eigenvalue weighted by atomic mass is 10.1. The monoisotopic (exact) mass is 237 g/mol. The third kappa shape index (κ3) is 2.13. The van der Waals surface area contributed by atoms with Gasteiger partial charge in [0, 0.05) is 13.1 Å². The number of amides is 1. The number of hydrogen-bond donors (Lipinski definition) is 3. The number of phenols is 3. The van der Waals surface area contributed by atoms with Crippen LogP contribution in [0.15, 0.2) is 12.1 Å². The lowest BCUT2D eigenvalue weighted by Gasteiger charge is -2.27. The quantitative estimate of drug-likeness (QED) is 0.645. The van der Waals surface area contributed by atoms with E-state index >= 15 is 0 Å². The molecule has 0 aromatic heterocycles. The molecule has 0 unspecified atom stereocenters. The van der Waals surface area contributed by atoms with Crippen LogP contribution in [0, 0.1) is 0 Å². The smallest absolute Gasteiger partial charge is 0.257 e. The van der Waals surface area contributed by atoms with Gasteiger partial charge >= 0.3 is 0 Å². The van der Waals surface area contributed by atoms with Gasteiger partial charge in [0.25, 0.3) is 5.91 Å². The Balaban J connectivity index is 2.27. The summed E-state index contributed by atoms with van der Waals surface area (Å²) in [6.45, 7) is 1.33. The number of aromatic hydroxyl groups is 3. The van der Waals surface area contributed by atoms with Crippen LogP contribution in [-0.2, 0) is 0 Å². The maximum Gasteiger partial charge on any atom is 0.257 e. The molecule has 2 rings (SSSR count). The van der Waals surface area contributed by atoms with E-state index in [0.717, 1.165) is 19.3 Å². The maximum absolute atomic E-state index is 12.1. The number of rotatable bonds is 1. The third-order valence-corrected chi connectivity index (χ3v) is 3.00. The van der Waals surface area contributed by atoms with Gasteiger partial charge < -0.3 is 20.2 Å². The molecule has 92 valence electrons. The van der Waals surface area contributed by atoms with Crippen molar-refractivity contribution in [2.75, 3.05) is 13.1 Å². The summed E-state index contributed by atoms with van der Waals surface area (Å²) in [6, 6.07) is 2.52. The molecule has 1 heterocycles. The van der Waals surface area contributed by atoms with Gasteiger partial charge in [-0.3, -0.25) is 4.79 Å². The van der Waals surface area contributed by atoms with E-state index in [1.54, 1.807) is 4.90 Å². The molecule has 17 heavy (non-hydrogen) atoms. The minimum Gasteiger partial charge on any atom is -0.504 e. The van der Waals surface area contributed by atoms with E-state index in [9.17, 15) is 20.1 Å². The predicted octanol–water partition coefficient (Wildman–Crippen LogP) is 1.43. The highest BCUT2D eigenvalue weighted by molar-refractivity contribution is 5.98. The molecule has 5 heteroatoms. The molecule has 1 aromatic carbocycles. The van der Waals surface area contributed by atoms with Gasteiger partial charge in [-0.05, 0) is 31.4 Å². The predicted molar refractivity (Wildman–Crippen MR) is 61.2 cm³/mol. The molecular weight excluding hydrogens is 222 g/mol. The van der Waals surface area contributed by atoms with Crippen molar-refractivity contribution in [3.05, 3.63) is 17.7 Å². The van der Waals surface area contributed by atoms with E-state index in [2.05, 4.69) is 0 Å². The van der Waals surface area contributed by atoms with E-state index in [1.165, 1.54) is 12.1 Å². The summed E-state index contributed by atoms with van der Waals surface area (Å²) in [6.07, 6.45) is 3.02. The highest BCUT2D eigenvalue weighted by Gasteiger charge is 2.23. The van der Waals surface area contributed by atoms with Crippen molar-refractivity contribution in [3.8, 4) is 17.2 Å². The van der Waals surface area contributed by atoms with Crippen LogP contribution in [0.5, 0.6) is 17.2 Å². The summed E-state index contributed by atoms with van der Waals surface area (Å²) in [5.74, 6) is -1.94. The highest BCUT2D eigenvalue weighted by Crippen LogP contribution is 2.37. The van der Waals surface area contributed by atoms with Gasteiger partial charge in [-0.2, -0.15) is 0 Å². The van der Waals surface area contributed by atoms with Gasteiger partial charge in [-0.15, -0.1) is 0 Å². The van der Waals surface area contributed by atoms with Crippen LogP contribution in [0.25, 0.3) is 0 Å². The molecule has 1 fully saturated rings. The van der Waals surface area contributed by atoms with Gasteiger partial charge in [0.15, 0.2) is 11.5 Å². The Hall–Kier alpha value is -1.91. The van der Waals surface area contributed by atoms with Crippen molar-refractivity contribution in [1.29, 1.82) is 0 Å². The van der Waals surface area contributed by atoms with Gasteiger partial charge in [-0.25, -0.2) is 0 Å².